The van der Waals surface area contributed by atoms with Crippen molar-refractivity contribution < 1.29 is 19.1 Å². The molecule has 0 saturated heterocycles. The van der Waals surface area contributed by atoms with Crippen molar-refractivity contribution in [3.8, 4) is 18.4 Å². The first-order valence-electron chi connectivity index (χ1n) is 11.2. The SMILES string of the molecule is C#Cc1ccc(C(C(=O)Nc2ccccc2C)N(CC#N)C(=O)C(CS)NC(=O)OC(C)(C)C)cc1. The fraction of sp³-hybridized carbons (Fsp3) is 0.333. The van der Waals surface area contributed by atoms with Crippen LogP contribution in [0.4, 0.5) is 10.5 Å². The summed E-state index contributed by atoms with van der Waals surface area (Å²) < 4.78 is 5.25. The van der Waals surface area contributed by atoms with Crippen molar-refractivity contribution in [2.45, 2.75) is 45.4 Å². The minimum absolute atomic E-state index is 0.0812. The van der Waals surface area contributed by atoms with Crippen LogP contribution >= 0.6 is 12.6 Å². The second kappa shape index (κ2) is 12.7. The zero-order valence-corrected chi connectivity index (χ0v) is 21.6. The molecule has 2 rings (SSSR count). The standard InChI is InChI=1S/C27H30N4O4S/c1-6-19-11-13-20(14-12-19)23(24(32)29-21-10-8-7-9-18(21)2)31(16-15-28)25(33)22(17-36)30-26(34)35-27(3,4)5/h1,7-14,22-23,36H,16-17H2,2-5H3,(H,29,32)(H,30,34). The highest BCUT2D eigenvalue weighted by Gasteiger charge is 2.36. The number of rotatable bonds is 8. The van der Waals surface area contributed by atoms with Crippen molar-refractivity contribution >= 4 is 36.2 Å². The molecule has 0 aliphatic heterocycles. The van der Waals surface area contributed by atoms with Gasteiger partial charge in [-0.3, -0.25) is 9.59 Å². The third-order valence-corrected chi connectivity index (χ3v) is 5.42. The van der Waals surface area contributed by atoms with Gasteiger partial charge in [-0.15, -0.1) is 6.42 Å². The van der Waals surface area contributed by atoms with Crippen LogP contribution in [-0.4, -0.2) is 46.7 Å². The predicted octanol–water partition coefficient (Wildman–Crippen LogP) is 3.83. The van der Waals surface area contributed by atoms with Crippen LogP contribution in [0.3, 0.4) is 0 Å². The normalized spacial score (nSPS) is 12.3. The summed E-state index contributed by atoms with van der Waals surface area (Å²) in [7, 11) is 0. The Balaban J connectivity index is 2.47. The van der Waals surface area contributed by atoms with E-state index < -0.39 is 42.1 Å². The summed E-state index contributed by atoms with van der Waals surface area (Å²) in [5.41, 5.74) is 1.64. The molecule has 0 saturated carbocycles. The molecule has 2 atom stereocenters. The zero-order chi connectivity index (χ0) is 26.9. The van der Waals surface area contributed by atoms with Crippen LogP contribution < -0.4 is 10.6 Å². The Kier molecular flexibility index (Phi) is 9.95. The summed E-state index contributed by atoms with van der Waals surface area (Å²) in [5, 5.41) is 14.9. The molecule has 2 unspecified atom stereocenters. The van der Waals surface area contributed by atoms with Gasteiger partial charge in [0.15, 0.2) is 0 Å². The van der Waals surface area contributed by atoms with E-state index in [-0.39, 0.29) is 5.75 Å². The average Bonchev–Trinajstić information content (AvgIpc) is 2.82. The molecule has 0 radical (unpaired) electrons. The Labute approximate surface area is 217 Å². The van der Waals surface area contributed by atoms with Crippen molar-refractivity contribution in [1.29, 1.82) is 5.26 Å². The van der Waals surface area contributed by atoms with Crippen molar-refractivity contribution in [1.82, 2.24) is 10.2 Å². The molecule has 0 fully saturated rings. The molecule has 2 N–H and O–H groups in total. The van der Waals surface area contributed by atoms with E-state index in [1.54, 1.807) is 57.2 Å². The Hall–Kier alpha value is -3.95. The molecule has 8 nitrogen and oxygen atoms in total. The van der Waals surface area contributed by atoms with Gasteiger partial charge in [0.2, 0.25) is 5.91 Å². The molecular formula is C27H30N4O4S. The van der Waals surface area contributed by atoms with Crippen molar-refractivity contribution in [2.24, 2.45) is 0 Å². The fourth-order valence-electron chi connectivity index (χ4n) is 3.36. The number of hydrogen-bond donors (Lipinski definition) is 3. The highest BCUT2D eigenvalue weighted by Crippen LogP contribution is 2.25. The molecule has 0 spiro atoms. The Morgan fingerprint density at radius 1 is 1.14 bits per heavy atom. The summed E-state index contributed by atoms with van der Waals surface area (Å²) in [5.74, 6) is 1.23. The van der Waals surface area contributed by atoms with Crippen molar-refractivity contribution in [2.75, 3.05) is 17.6 Å². The maximum atomic E-state index is 13.6. The second-order valence-electron chi connectivity index (χ2n) is 8.98. The number of nitriles is 1. The van der Waals surface area contributed by atoms with Gasteiger partial charge in [0.25, 0.3) is 5.91 Å². The van der Waals surface area contributed by atoms with Gasteiger partial charge >= 0.3 is 6.09 Å². The number of ether oxygens (including phenoxy) is 1. The number of aryl methyl sites for hydroxylation is 1. The molecule has 9 heteroatoms. The Morgan fingerprint density at radius 2 is 1.78 bits per heavy atom. The van der Waals surface area contributed by atoms with E-state index in [1.165, 1.54) is 0 Å². The number of amides is 3. The number of benzene rings is 2. The smallest absolute Gasteiger partial charge is 0.408 e. The summed E-state index contributed by atoms with van der Waals surface area (Å²) >= 11 is 4.21. The number of terminal acetylenes is 1. The van der Waals surface area contributed by atoms with Gasteiger partial charge in [-0.05, 0) is 57.0 Å². The van der Waals surface area contributed by atoms with Crippen LogP contribution in [0.2, 0.25) is 0 Å². The molecule has 2 aromatic rings. The number of anilines is 1. The first kappa shape index (κ1) is 28.3. The third-order valence-electron chi connectivity index (χ3n) is 5.05. The number of alkyl carbamates (subject to hydrolysis) is 1. The first-order chi connectivity index (χ1) is 17.0. The Bertz CT molecular complexity index is 1180. The van der Waals surface area contributed by atoms with Gasteiger partial charge in [-0.1, -0.05) is 36.3 Å². The quantitative estimate of drug-likeness (QED) is 0.286. The molecule has 36 heavy (non-hydrogen) atoms. The maximum Gasteiger partial charge on any atom is 0.408 e. The van der Waals surface area contributed by atoms with Gasteiger partial charge in [-0.25, -0.2) is 4.79 Å². The lowest BCUT2D eigenvalue weighted by atomic mass is 10.0. The molecule has 0 aliphatic carbocycles. The third kappa shape index (κ3) is 7.79. The largest absolute Gasteiger partial charge is 0.444 e. The number of carbonyl (C=O) groups is 3. The van der Waals surface area contributed by atoms with Crippen LogP contribution in [0.5, 0.6) is 0 Å². The van der Waals surface area contributed by atoms with Crippen molar-refractivity contribution in [3.63, 3.8) is 0 Å². The van der Waals surface area contributed by atoms with E-state index >= 15 is 0 Å². The van der Waals surface area contributed by atoms with Gasteiger partial charge in [0.1, 0.15) is 24.2 Å². The fourth-order valence-corrected chi connectivity index (χ4v) is 3.60. The lowest BCUT2D eigenvalue weighted by Crippen LogP contribution is -2.53. The zero-order valence-electron chi connectivity index (χ0n) is 20.7. The van der Waals surface area contributed by atoms with Gasteiger partial charge in [-0.2, -0.15) is 17.9 Å². The minimum Gasteiger partial charge on any atom is -0.444 e. The highest BCUT2D eigenvalue weighted by atomic mass is 32.1. The van der Waals surface area contributed by atoms with E-state index in [2.05, 4.69) is 29.2 Å². The molecule has 0 aliphatic rings. The predicted molar refractivity (Wildman–Crippen MR) is 141 cm³/mol. The monoisotopic (exact) mass is 506 g/mol. The number of nitrogens with one attached hydrogen (secondary N) is 2. The number of thiol groups is 1. The molecule has 0 bridgehead atoms. The molecule has 0 heterocycles. The van der Waals surface area contributed by atoms with Crippen LogP contribution in [0.15, 0.2) is 48.5 Å². The van der Waals surface area contributed by atoms with Gasteiger partial charge in [0.05, 0.1) is 6.07 Å². The minimum atomic E-state index is -1.19. The summed E-state index contributed by atoms with van der Waals surface area (Å²) in [6, 6.07) is 13.4. The molecule has 0 aromatic heterocycles. The number of hydrogen-bond acceptors (Lipinski definition) is 6. The summed E-state index contributed by atoms with van der Waals surface area (Å²) in [6.45, 7) is 6.50. The van der Waals surface area contributed by atoms with E-state index in [0.717, 1.165) is 10.5 Å². The number of para-hydroxylation sites is 1. The van der Waals surface area contributed by atoms with E-state index in [0.29, 0.717) is 16.8 Å². The summed E-state index contributed by atoms with van der Waals surface area (Å²) in [6.07, 6.45) is 4.65. The van der Waals surface area contributed by atoms with Crippen molar-refractivity contribution in [3.05, 3.63) is 65.2 Å². The number of carbonyl (C=O) groups excluding carboxylic acids is 3. The topological polar surface area (TPSA) is 112 Å². The first-order valence-corrected chi connectivity index (χ1v) is 11.8. The van der Waals surface area contributed by atoms with Crippen LogP contribution in [0, 0.1) is 30.6 Å². The lowest BCUT2D eigenvalue weighted by molar-refractivity contribution is -0.139. The Morgan fingerprint density at radius 3 is 2.31 bits per heavy atom. The summed E-state index contributed by atoms with van der Waals surface area (Å²) in [4.78, 5) is 40.6. The maximum absolute atomic E-state index is 13.6. The number of nitrogens with zero attached hydrogens (tertiary/aromatic N) is 2. The van der Waals surface area contributed by atoms with Crippen LogP contribution in [-0.2, 0) is 14.3 Å². The van der Waals surface area contributed by atoms with E-state index in [1.807, 2.05) is 25.1 Å². The van der Waals surface area contributed by atoms with Gasteiger partial charge < -0.3 is 20.3 Å². The molecule has 2 aromatic carbocycles. The highest BCUT2D eigenvalue weighted by molar-refractivity contribution is 7.80. The molecule has 188 valence electrons. The van der Waals surface area contributed by atoms with E-state index in [4.69, 9.17) is 11.2 Å². The van der Waals surface area contributed by atoms with E-state index in [9.17, 15) is 19.6 Å². The molecular weight excluding hydrogens is 476 g/mol. The lowest BCUT2D eigenvalue weighted by Gasteiger charge is -2.32. The average molecular weight is 507 g/mol. The van der Waals surface area contributed by atoms with Gasteiger partial charge in [0, 0.05) is 17.0 Å². The molecule has 3 amide bonds. The van der Waals surface area contributed by atoms with Crippen LogP contribution in [0.25, 0.3) is 0 Å². The second-order valence-corrected chi connectivity index (χ2v) is 9.34. The van der Waals surface area contributed by atoms with Crippen LogP contribution in [0.1, 0.15) is 43.5 Å².